The zero-order chi connectivity index (χ0) is 24.4. The van der Waals surface area contributed by atoms with Crippen molar-refractivity contribution >= 4 is 40.1 Å². The number of anilines is 1. The van der Waals surface area contributed by atoms with Crippen molar-refractivity contribution in [1.82, 2.24) is 19.4 Å². The van der Waals surface area contributed by atoms with Gasteiger partial charge in [0.1, 0.15) is 0 Å². The summed E-state index contributed by atoms with van der Waals surface area (Å²) >= 11 is 1.32. The smallest absolute Gasteiger partial charge is 0.268 e. The number of imidazole rings is 1. The van der Waals surface area contributed by atoms with Crippen LogP contribution in [-0.2, 0) is 4.79 Å². The van der Waals surface area contributed by atoms with Crippen LogP contribution in [0, 0.1) is 0 Å². The van der Waals surface area contributed by atoms with Gasteiger partial charge in [0.05, 0.1) is 15.9 Å². The third-order valence-electron chi connectivity index (χ3n) is 6.26. The minimum atomic E-state index is -0.250. The molecule has 0 radical (unpaired) electrons. The van der Waals surface area contributed by atoms with Crippen LogP contribution in [0.3, 0.4) is 0 Å². The Hall–Kier alpha value is -3.98. The van der Waals surface area contributed by atoms with Gasteiger partial charge in [0.25, 0.3) is 5.91 Å². The Morgan fingerprint density at radius 3 is 2.83 bits per heavy atom. The summed E-state index contributed by atoms with van der Waals surface area (Å²) in [5.41, 5.74) is 2.34. The number of nitrogens with one attached hydrogen (secondary N) is 2. The number of rotatable bonds is 5. The largest absolute Gasteiger partial charge is 0.339 e. The lowest BCUT2D eigenvalue weighted by molar-refractivity contribution is -0.125. The number of fused-ring (bicyclic) bond motifs is 1. The molecule has 3 aromatic heterocycles. The molecule has 5 rings (SSSR count). The van der Waals surface area contributed by atoms with Crippen molar-refractivity contribution in [3.8, 4) is 10.4 Å². The van der Waals surface area contributed by atoms with Gasteiger partial charge in [0.2, 0.25) is 17.4 Å². The molecule has 1 aromatic carbocycles. The Morgan fingerprint density at radius 1 is 1.14 bits per heavy atom. The SMILES string of the molecule is C=CC(=O)N1CCC[C@@H](n2c(NC(=O)c3ccc(-c4cc[nH]c(=O)c4)s3)nc3ccccc32)CC1. The second kappa shape index (κ2) is 9.71. The molecular formula is C26H25N5O3S. The number of likely N-dealkylation sites (tertiary alicyclic amines) is 1. The molecule has 1 aliphatic rings. The molecule has 4 heterocycles. The Morgan fingerprint density at radius 2 is 2.00 bits per heavy atom. The molecule has 1 saturated heterocycles. The quantitative estimate of drug-likeness (QED) is 0.406. The highest BCUT2D eigenvalue weighted by atomic mass is 32.1. The fourth-order valence-electron chi connectivity index (χ4n) is 4.56. The lowest BCUT2D eigenvalue weighted by atomic mass is 10.1. The zero-order valence-electron chi connectivity index (χ0n) is 19.1. The molecule has 0 aliphatic carbocycles. The van der Waals surface area contributed by atoms with Crippen LogP contribution in [0.5, 0.6) is 0 Å². The molecule has 8 nitrogen and oxygen atoms in total. The lowest BCUT2D eigenvalue weighted by Crippen LogP contribution is -2.30. The van der Waals surface area contributed by atoms with Crippen LogP contribution in [0.25, 0.3) is 21.5 Å². The van der Waals surface area contributed by atoms with Gasteiger partial charge in [0.15, 0.2) is 0 Å². The highest BCUT2D eigenvalue weighted by Crippen LogP contribution is 2.32. The molecular weight excluding hydrogens is 462 g/mol. The Kier molecular flexibility index (Phi) is 6.33. The van der Waals surface area contributed by atoms with Crippen LogP contribution in [0.15, 0.2) is 72.2 Å². The van der Waals surface area contributed by atoms with E-state index in [1.165, 1.54) is 23.5 Å². The predicted molar refractivity (Wildman–Crippen MR) is 138 cm³/mol. The second-order valence-electron chi connectivity index (χ2n) is 8.47. The molecule has 35 heavy (non-hydrogen) atoms. The fraction of sp³-hybridized carbons (Fsp3) is 0.231. The van der Waals surface area contributed by atoms with Gasteiger partial charge in [-0.1, -0.05) is 18.7 Å². The van der Waals surface area contributed by atoms with E-state index in [4.69, 9.17) is 4.98 Å². The van der Waals surface area contributed by atoms with Crippen molar-refractivity contribution in [2.45, 2.75) is 25.3 Å². The van der Waals surface area contributed by atoms with Crippen molar-refractivity contribution in [3.63, 3.8) is 0 Å². The van der Waals surface area contributed by atoms with Gasteiger partial charge >= 0.3 is 0 Å². The van der Waals surface area contributed by atoms with Crippen molar-refractivity contribution in [1.29, 1.82) is 0 Å². The van der Waals surface area contributed by atoms with Gasteiger partial charge in [-0.2, -0.15) is 0 Å². The fourth-order valence-corrected chi connectivity index (χ4v) is 5.46. The van der Waals surface area contributed by atoms with E-state index in [-0.39, 0.29) is 23.4 Å². The molecule has 0 bridgehead atoms. The van der Waals surface area contributed by atoms with Gasteiger partial charge in [-0.3, -0.25) is 19.7 Å². The predicted octanol–water partition coefficient (Wildman–Crippen LogP) is 4.45. The molecule has 0 spiro atoms. The van der Waals surface area contributed by atoms with Crippen molar-refractivity contribution in [3.05, 3.63) is 82.6 Å². The summed E-state index contributed by atoms with van der Waals surface area (Å²) in [5.74, 6) is 0.194. The topological polar surface area (TPSA) is 100 Å². The van der Waals surface area contributed by atoms with E-state index < -0.39 is 0 Å². The van der Waals surface area contributed by atoms with Gasteiger partial charge in [0, 0.05) is 36.3 Å². The molecule has 9 heteroatoms. The molecule has 2 amide bonds. The summed E-state index contributed by atoms with van der Waals surface area (Å²) in [5, 5.41) is 3.01. The highest BCUT2D eigenvalue weighted by Gasteiger charge is 2.25. The highest BCUT2D eigenvalue weighted by molar-refractivity contribution is 7.17. The lowest BCUT2D eigenvalue weighted by Gasteiger charge is -2.21. The Balaban J connectivity index is 1.43. The van der Waals surface area contributed by atoms with Gasteiger partial charge in [-0.05, 0) is 61.2 Å². The summed E-state index contributed by atoms with van der Waals surface area (Å²) < 4.78 is 2.10. The number of nitrogens with zero attached hydrogens (tertiary/aromatic N) is 3. The summed E-state index contributed by atoms with van der Waals surface area (Å²) in [6.07, 6.45) is 5.44. The van der Waals surface area contributed by atoms with E-state index in [1.807, 2.05) is 35.2 Å². The first kappa shape index (κ1) is 22.8. The molecule has 0 unspecified atom stereocenters. The summed E-state index contributed by atoms with van der Waals surface area (Å²) in [7, 11) is 0. The van der Waals surface area contributed by atoms with Crippen molar-refractivity contribution in [2.75, 3.05) is 18.4 Å². The number of carbonyl (C=O) groups is 2. The maximum atomic E-state index is 13.2. The Bertz CT molecular complexity index is 1470. The third kappa shape index (κ3) is 4.67. The monoisotopic (exact) mass is 487 g/mol. The maximum Gasteiger partial charge on any atom is 0.268 e. The number of H-pyrrole nitrogens is 1. The maximum absolute atomic E-state index is 13.2. The first-order valence-corrected chi connectivity index (χ1v) is 12.3. The van der Waals surface area contributed by atoms with Crippen molar-refractivity contribution in [2.24, 2.45) is 0 Å². The number of carbonyl (C=O) groups excluding carboxylic acids is 2. The number of aromatic amines is 1. The number of pyridine rings is 1. The number of thiophene rings is 1. The number of hydrogen-bond acceptors (Lipinski definition) is 5. The van der Waals surface area contributed by atoms with E-state index in [1.54, 1.807) is 18.3 Å². The molecule has 1 atom stereocenters. The third-order valence-corrected chi connectivity index (χ3v) is 7.39. The number of hydrogen-bond donors (Lipinski definition) is 2. The molecule has 1 fully saturated rings. The number of aromatic nitrogens is 3. The van der Waals surface area contributed by atoms with Crippen LogP contribution in [0.4, 0.5) is 5.95 Å². The normalized spacial score (nSPS) is 16.1. The summed E-state index contributed by atoms with van der Waals surface area (Å²) in [4.78, 5) is 47.5. The van der Waals surface area contributed by atoms with Crippen LogP contribution >= 0.6 is 11.3 Å². The molecule has 2 N–H and O–H groups in total. The first-order chi connectivity index (χ1) is 17.0. The van der Waals surface area contributed by atoms with Gasteiger partial charge in [-0.15, -0.1) is 11.3 Å². The van der Waals surface area contributed by atoms with E-state index in [2.05, 4.69) is 21.4 Å². The summed E-state index contributed by atoms with van der Waals surface area (Å²) in [6.45, 7) is 4.92. The Labute approximate surface area is 205 Å². The average molecular weight is 488 g/mol. The van der Waals surface area contributed by atoms with E-state index in [0.29, 0.717) is 23.9 Å². The molecule has 178 valence electrons. The van der Waals surface area contributed by atoms with E-state index in [0.717, 1.165) is 40.7 Å². The molecule has 1 aliphatic heterocycles. The zero-order valence-corrected chi connectivity index (χ0v) is 19.9. The van der Waals surface area contributed by atoms with E-state index >= 15 is 0 Å². The molecule has 0 saturated carbocycles. The van der Waals surface area contributed by atoms with Crippen LogP contribution < -0.4 is 10.9 Å². The van der Waals surface area contributed by atoms with Crippen molar-refractivity contribution < 1.29 is 9.59 Å². The molecule has 4 aromatic rings. The van der Waals surface area contributed by atoms with Crippen LogP contribution in [0.2, 0.25) is 0 Å². The number of amides is 2. The first-order valence-electron chi connectivity index (χ1n) is 11.5. The van der Waals surface area contributed by atoms with Gasteiger partial charge < -0.3 is 14.5 Å². The van der Waals surface area contributed by atoms with Crippen LogP contribution in [0.1, 0.15) is 35.0 Å². The second-order valence-corrected chi connectivity index (χ2v) is 9.55. The van der Waals surface area contributed by atoms with E-state index in [9.17, 15) is 14.4 Å². The minimum absolute atomic E-state index is 0.0522. The average Bonchev–Trinajstić information content (AvgIpc) is 3.42. The minimum Gasteiger partial charge on any atom is -0.339 e. The standard InChI is InChI=1S/C26H25N5O3S/c1-2-24(33)30-14-5-6-18(12-15-30)31-20-8-4-3-7-19(20)28-26(31)29-25(34)22-10-9-21(35-22)17-11-13-27-23(32)16-17/h2-4,7-11,13,16,18H,1,5-6,12,14-15H2,(H,27,32)(H,28,29,34)/t18-/m1/s1. The van der Waals surface area contributed by atoms with Crippen LogP contribution in [-0.4, -0.2) is 44.3 Å². The number of para-hydroxylation sites is 2. The number of benzene rings is 1. The van der Waals surface area contributed by atoms with Gasteiger partial charge in [-0.25, -0.2) is 4.98 Å². The summed E-state index contributed by atoms with van der Waals surface area (Å²) in [6, 6.07) is 14.8.